The molecule has 1 amide bonds. The number of carbonyl (C=O) groups excluding carboxylic acids is 1. The highest BCUT2D eigenvalue weighted by atomic mass is 16.2. The summed E-state index contributed by atoms with van der Waals surface area (Å²) in [6, 6.07) is -0.0227. The Balaban J connectivity index is 2.30. The van der Waals surface area contributed by atoms with Crippen molar-refractivity contribution >= 4 is 5.91 Å². The van der Waals surface area contributed by atoms with E-state index in [0.717, 1.165) is 19.6 Å². The summed E-state index contributed by atoms with van der Waals surface area (Å²) in [7, 11) is 0. The summed E-state index contributed by atoms with van der Waals surface area (Å²) in [5, 5.41) is 3.29. The lowest BCUT2D eigenvalue weighted by atomic mass is 10.1. The molecule has 0 aromatic carbocycles. The van der Waals surface area contributed by atoms with Gasteiger partial charge in [0, 0.05) is 13.1 Å². The molecule has 0 aromatic rings. The van der Waals surface area contributed by atoms with Gasteiger partial charge in [-0.25, -0.2) is 0 Å². The fourth-order valence-electron chi connectivity index (χ4n) is 1.89. The molecule has 0 bridgehead atoms. The van der Waals surface area contributed by atoms with Gasteiger partial charge in [-0.15, -0.1) is 0 Å². The summed E-state index contributed by atoms with van der Waals surface area (Å²) in [6.45, 7) is 9.11. The Morgan fingerprint density at radius 3 is 2.33 bits per heavy atom. The molecule has 1 atom stereocenters. The fraction of sp³-hybridized carbons (Fsp3) is 0.917. The average Bonchev–Trinajstić information content (AvgIpc) is 2.26. The number of nitrogens with one attached hydrogen (secondary N) is 1. The van der Waals surface area contributed by atoms with Crippen molar-refractivity contribution < 1.29 is 4.79 Å². The summed E-state index contributed by atoms with van der Waals surface area (Å²) >= 11 is 0. The van der Waals surface area contributed by atoms with Crippen molar-refractivity contribution in [3.05, 3.63) is 0 Å². The van der Waals surface area contributed by atoms with E-state index in [0.29, 0.717) is 5.92 Å². The maximum absolute atomic E-state index is 12.0. The quantitative estimate of drug-likeness (QED) is 0.768. The van der Waals surface area contributed by atoms with Crippen molar-refractivity contribution in [2.45, 2.75) is 46.1 Å². The van der Waals surface area contributed by atoms with Crippen LogP contribution in [-0.4, -0.2) is 36.5 Å². The molecule has 0 saturated carbocycles. The molecule has 1 heterocycles. The number of likely N-dealkylation sites (tertiary alicyclic amines) is 1. The topological polar surface area (TPSA) is 32.3 Å². The van der Waals surface area contributed by atoms with Gasteiger partial charge in [0.2, 0.25) is 5.91 Å². The molecule has 1 fully saturated rings. The molecule has 0 spiro atoms. The van der Waals surface area contributed by atoms with E-state index in [4.69, 9.17) is 0 Å². The molecule has 15 heavy (non-hydrogen) atoms. The zero-order valence-corrected chi connectivity index (χ0v) is 10.3. The minimum atomic E-state index is -0.0227. The first-order valence-corrected chi connectivity index (χ1v) is 6.13. The molecule has 1 rings (SSSR count). The van der Waals surface area contributed by atoms with Crippen LogP contribution in [0.5, 0.6) is 0 Å². The van der Waals surface area contributed by atoms with Crippen LogP contribution in [0.1, 0.15) is 40.0 Å². The van der Waals surface area contributed by atoms with Crippen molar-refractivity contribution in [1.82, 2.24) is 10.2 Å². The van der Waals surface area contributed by atoms with Crippen LogP contribution in [0.25, 0.3) is 0 Å². The lowest BCUT2D eigenvalue weighted by molar-refractivity contribution is -0.133. The highest BCUT2D eigenvalue weighted by Crippen LogP contribution is 2.09. The lowest BCUT2D eigenvalue weighted by Gasteiger charge is -2.29. The van der Waals surface area contributed by atoms with Gasteiger partial charge in [0.1, 0.15) is 0 Å². The van der Waals surface area contributed by atoms with E-state index in [1.807, 2.05) is 11.8 Å². The number of carbonyl (C=O) groups is 1. The van der Waals surface area contributed by atoms with E-state index < -0.39 is 0 Å². The van der Waals surface area contributed by atoms with Crippen LogP contribution in [0, 0.1) is 5.92 Å². The van der Waals surface area contributed by atoms with Crippen LogP contribution in [0.3, 0.4) is 0 Å². The third-order valence-electron chi connectivity index (χ3n) is 2.87. The second-order valence-electron chi connectivity index (χ2n) is 4.91. The van der Waals surface area contributed by atoms with Crippen molar-refractivity contribution in [2.24, 2.45) is 5.92 Å². The maximum atomic E-state index is 12.0. The second kappa shape index (κ2) is 6.11. The summed E-state index contributed by atoms with van der Waals surface area (Å²) in [4.78, 5) is 14.0. The lowest BCUT2D eigenvalue weighted by Crippen LogP contribution is -2.47. The van der Waals surface area contributed by atoms with Gasteiger partial charge < -0.3 is 10.2 Å². The van der Waals surface area contributed by atoms with Gasteiger partial charge in [-0.3, -0.25) is 4.79 Å². The van der Waals surface area contributed by atoms with E-state index >= 15 is 0 Å². The van der Waals surface area contributed by atoms with Gasteiger partial charge in [0.05, 0.1) is 6.04 Å². The molecule has 0 aliphatic carbocycles. The third kappa shape index (κ3) is 4.20. The Morgan fingerprint density at radius 1 is 1.20 bits per heavy atom. The van der Waals surface area contributed by atoms with Crippen LogP contribution < -0.4 is 5.32 Å². The summed E-state index contributed by atoms with van der Waals surface area (Å²) in [5.74, 6) is 0.872. The van der Waals surface area contributed by atoms with Crippen LogP contribution in [0.2, 0.25) is 0 Å². The molecule has 1 N–H and O–H groups in total. The standard InChI is InChI=1S/C12H24N2O/c1-10(2)9-13-11(3)12(15)14-7-5-4-6-8-14/h10-11,13H,4-9H2,1-3H3/t11-/m0/s1. The minimum Gasteiger partial charge on any atom is -0.341 e. The van der Waals surface area contributed by atoms with Crippen LogP contribution >= 0.6 is 0 Å². The van der Waals surface area contributed by atoms with Gasteiger partial charge in [-0.05, 0) is 38.6 Å². The number of amides is 1. The van der Waals surface area contributed by atoms with Crippen LogP contribution in [0.4, 0.5) is 0 Å². The highest BCUT2D eigenvalue weighted by Gasteiger charge is 2.21. The minimum absolute atomic E-state index is 0.0227. The molecule has 0 aromatic heterocycles. The van der Waals surface area contributed by atoms with Gasteiger partial charge in [0.15, 0.2) is 0 Å². The average molecular weight is 212 g/mol. The Kier molecular flexibility index (Phi) is 5.09. The number of hydrogen-bond acceptors (Lipinski definition) is 2. The van der Waals surface area contributed by atoms with Crippen molar-refractivity contribution in [3.8, 4) is 0 Å². The predicted molar refractivity (Wildman–Crippen MR) is 62.7 cm³/mol. The number of hydrogen-bond donors (Lipinski definition) is 1. The zero-order valence-electron chi connectivity index (χ0n) is 10.3. The van der Waals surface area contributed by atoms with E-state index in [-0.39, 0.29) is 11.9 Å². The molecule has 3 heteroatoms. The smallest absolute Gasteiger partial charge is 0.239 e. The number of nitrogens with zero attached hydrogens (tertiary/aromatic N) is 1. The second-order valence-corrected chi connectivity index (χ2v) is 4.91. The molecular formula is C12H24N2O. The Labute approximate surface area is 93.2 Å². The Hall–Kier alpha value is -0.570. The van der Waals surface area contributed by atoms with E-state index in [2.05, 4.69) is 19.2 Å². The maximum Gasteiger partial charge on any atom is 0.239 e. The molecule has 0 unspecified atom stereocenters. The first-order valence-electron chi connectivity index (χ1n) is 6.13. The fourth-order valence-corrected chi connectivity index (χ4v) is 1.89. The SMILES string of the molecule is CC(C)CN[C@@H](C)C(=O)N1CCCCC1. The first-order chi connectivity index (χ1) is 7.11. The largest absolute Gasteiger partial charge is 0.341 e. The molecule has 1 aliphatic rings. The molecule has 3 nitrogen and oxygen atoms in total. The summed E-state index contributed by atoms with van der Waals surface area (Å²) in [6.07, 6.45) is 3.61. The van der Waals surface area contributed by atoms with Crippen molar-refractivity contribution in [3.63, 3.8) is 0 Å². The molecule has 0 radical (unpaired) electrons. The van der Waals surface area contributed by atoms with Crippen LogP contribution in [0.15, 0.2) is 0 Å². The molecule has 1 saturated heterocycles. The van der Waals surface area contributed by atoms with Crippen molar-refractivity contribution in [2.75, 3.05) is 19.6 Å². The van der Waals surface area contributed by atoms with E-state index in [1.165, 1.54) is 19.3 Å². The summed E-state index contributed by atoms with van der Waals surface area (Å²) < 4.78 is 0. The zero-order chi connectivity index (χ0) is 11.3. The van der Waals surface area contributed by atoms with Gasteiger partial charge in [0.25, 0.3) is 0 Å². The Bertz CT molecular complexity index is 198. The summed E-state index contributed by atoms with van der Waals surface area (Å²) in [5.41, 5.74) is 0. The predicted octanol–water partition coefficient (Wildman–Crippen LogP) is 1.63. The van der Waals surface area contributed by atoms with Crippen molar-refractivity contribution in [1.29, 1.82) is 0 Å². The molecule has 1 aliphatic heterocycles. The Morgan fingerprint density at radius 2 is 1.80 bits per heavy atom. The van der Waals surface area contributed by atoms with Gasteiger partial charge in [-0.2, -0.15) is 0 Å². The van der Waals surface area contributed by atoms with E-state index in [1.54, 1.807) is 0 Å². The first kappa shape index (κ1) is 12.5. The molecule has 88 valence electrons. The monoisotopic (exact) mass is 212 g/mol. The van der Waals surface area contributed by atoms with Gasteiger partial charge in [-0.1, -0.05) is 13.8 Å². The van der Waals surface area contributed by atoms with Gasteiger partial charge >= 0.3 is 0 Å². The third-order valence-corrected chi connectivity index (χ3v) is 2.87. The highest BCUT2D eigenvalue weighted by molar-refractivity contribution is 5.81. The number of piperidine rings is 1. The normalized spacial score (nSPS) is 19.3. The molecular weight excluding hydrogens is 188 g/mol. The number of rotatable bonds is 4. The van der Waals surface area contributed by atoms with E-state index in [9.17, 15) is 4.79 Å². The van der Waals surface area contributed by atoms with Crippen LogP contribution in [-0.2, 0) is 4.79 Å².